The van der Waals surface area contributed by atoms with Crippen LogP contribution in [-0.4, -0.2) is 22.7 Å². The number of nitrogens with one attached hydrogen (secondary N) is 1. The first-order chi connectivity index (χ1) is 4.94. The average Bonchev–Trinajstić information content (AvgIpc) is 2.15. The van der Waals surface area contributed by atoms with Crippen LogP contribution in [0.15, 0.2) is 0 Å². The van der Waals surface area contributed by atoms with E-state index in [1.165, 1.54) is 0 Å². The van der Waals surface area contributed by atoms with Gasteiger partial charge >= 0.3 is 0 Å². The van der Waals surface area contributed by atoms with Crippen molar-refractivity contribution in [3.63, 3.8) is 0 Å². The molecule has 0 spiro atoms. The minimum atomic E-state index is -1.38. The summed E-state index contributed by atoms with van der Waals surface area (Å²) in [6.07, 6.45) is 0. The van der Waals surface area contributed by atoms with E-state index in [1.54, 1.807) is 6.92 Å². The van der Waals surface area contributed by atoms with E-state index in [4.69, 9.17) is 34.8 Å². The number of amides is 1. The lowest BCUT2D eigenvalue weighted by molar-refractivity contribution is -0.120. The molecule has 1 fully saturated rings. The van der Waals surface area contributed by atoms with Gasteiger partial charge in [0.15, 0.2) is 0 Å². The highest BCUT2D eigenvalue weighted by molar-refractivity contribution is 6.59. The summed E-state index contributed by atoms with van der Waals surface area (Å²) in [7, 11) is 0. The van der Waals surface area contributed by atoms with Gasteiger partial charge in [0, 0.05) is 17.8 Å². The molecule has 11 heavy (non-hydrogen) atoms. The van der Waals surface area contributed by atoms with Gasteiger partial charge in [0.2, 0.25) is 4.33 Å². The zero-order chi connectivity index (χ0) is 8.70. The van der Waals surface area contributed by atoms with Gasteiger partial charge < -0.3 is 5.32 Å². The molecule has 1 aliphatic heterocycles. The number of halogens is 3. The van der Waals surface area contributed by atoms with Crippen LogP contribution in [0.25, 0.3) is 0 Å². The fourth-order valence-electron chi connectivity index (χ4n) is 0.903. The van der Waals surface area contributed by atoms with E-state index in [2.05, 4.69) is 5.32 Å². The smallest absolute Gasteiger partial charge is 0.257 e. The Morgan fingerprint density at radius 3 is 2.36 bits per heavy atom. The SMILES string of the molecule is CC1(CCl)CNC(=O)C1(Cl)Cl. The molecule has 1 aliphatic rings. The molecule has 1 heterocycles. The molecule has 0 radical (unpaired) electrons. The fourth-order valence-corrected chi connectivity index (χ4v) is 1.74. The van der Waals surface area contributed by atoms with Crippen molar-refractivity contribution in [2.24, 2.45) is 5.41 Å². The first-order valence-electron chi connectivity index (χ1n) is 3.16. The Kier molecular flexibility index (Phi) is 2.30. The molecule has 0 aromatic rings. The van der Waals surface area contributed by atoms with Crippen molar-refractivity contribution in [1.29, 1.82) is 0 Å². The van der Waals surface area contributed by atoms with Gasteiger partial charge in [0.05, 0.1) is 0 Å². The zero-order valence-corrected chi connectivity index (χ0v) is 8.22. The van der Waals surface area contributed by atoms with Crippen molar-refractivity contribution in [2.75, 3.05) is 12.4 Å². The van der Waals surface area contributed by atoms with E-state index < -0.39 is 9.75 Å². The number of carbonyl (C=O) groups is 1. The van der Waals surface area contributed by atoms with Gasteiger partial charge in [-0.25, -0.2) is 0 Å². The third kappa shape index (κ3) is 1.21. The molecule has 0 saturated carbocycles. The summed E-state index contributed by atoms with van der Waals surface area (Å²) in [6, 6.07) is 0. The predicted octanol–water partition coefficient (Wildman–Crippen LogP) is 1.54. The van der Waals surface area contributed by atoms with E-state index in [0.717, 1.165) is 0 Å². The van der Waals surface area contributed by atoms with Crippen molar-refractivity contribution in [1.82, 2.24) is 5.32 Å². The van der Waals surface area contributed by atoms with E-state index in [0.29, 0.717) is 6.54 Å². The highest BCUT2D eigenvalue weighted by atomic mass is 35.5. The molecule has 1 rings (SSSR count). The average molecular weight is 216 g/mol. The Hall–Kier alpha value is 0.340. The fraction of sp³-hybridized carbons (Fsp3) is 0.833. The summed E-state index contributed by atoms with van der Waals surface area (Å²) in [5, 5.41) is 2.56. The minimum absolute atomic E-state index is 0.263. The van der Waals surface area contributed by atoms with Crippen LogP contribution in [0, 0.1) is 5.41 Å². The number of hydrogen-bond acceptors (Lipinski definition) is 1. The summed E-state index contributed by atoms with van der Waals surface area (Å²) in [5.41, 5.74) is -0.561. The topological polar surface area (TPSA) is 29.1 Å². The Morgan fingerprint density at radius 2 is 2.18 bits per heavy atom. The molecule has 1 amide bonds. The van der Waals surface area contributed by atoms with Gasteiger partial charge in [-0.3, -0.25) is 4.79 Å². The van der Waals surface area contributed by atoms with E-state index in [9.17, 15) is 4.79 Å². The lowest BCUT2D eigenvalue weighted by atomic mass is 9.91. The number of carbonyl (C=O) groups excluding carboxylic acids is 1. The molecule has 0 bridgehead atoms. The van der Waals surface area contributed by atoms with Gasteiger partial charge in [-0.1, -0.05) is 30.1 Å². The summed E-state index contributed by atoms with van der Waals surface area (Å²) < 4.78 is -1.38. The largest absolute Gasteiger partial charge is 0.353 e. The standard InChI is InChI=1S/C6H8Cl3NO/c1-5(2-7)3-10-4(11)6(5,8)9/h2-3H2,1H3,(H,10,11). The van der Waals surface area contributed by atoms with Crippen LogP contribution in [0.2, 0.25) is 0 Å². The van der Waals surface area contributed by atoms with Crippen LogP contribution < -0.4 is 5.32 Å². The van der Waals surface area contributed by atoms with Gasteiger partial charge in [-0.15, -0.1) is 11.6 Å². The van der Waals surface area contributed by atoms with E-state index >= 15 is 0 Å². The maximum atomic E-state index is 11.0. The van der Waals surface area contributed by atoms with Crippen LogP contribution in [0.3, 0.4) is 0 Å². The van der Waals surface area contributed by atoms with Gasteiger partial charge in [0.25, 0.3) is 5.91 Å². The van der Waals surface area contributed by atoms with Crippen molar-refractivity contribution in [2.45, 2.75) is 11.3 Å². The second kappa shape index (κ2) is 2.68. The molecule has 0 aromatic carbocycles. The van der Waals surface area contributed by atoms with Crippen molar-refractivity contribution >= 4 is 40.7 Å². The Bertz CT molecular complexity index is 194. The first-order valence-corrected chi connectivity index (χ1v) is 4.45. The zero-order valence-electron chi connectivity index (χ0n) is 5.96. The summed E-state index contributed by atoms with van der Waals surface area (Å²) in [4.78, 5) is 11.0. The van der Waals surface area contributed by atoms with Crippen LogP contribution in [-0.2, 0) is 4.79 Å². The molecule has 1 atom stereocenters. The molecule has 1 N–H and O–H groups in total. The molecular weight excluding hydrogens is 208 g/mol. The first kappa shape index (κ1) is 9.43. The third-order valence-corrected chi connectivity index (χ3v) is 3.82. The molecule has 0 aromatic heterocycles. The van der Waals surface area contributed by atoms with E-state index in [1.807, 2.05) is 0 Å². The number of rotatable bonds is 1. The summed E-state index contributed by atoms with van der Waals surface area (Å²) in [5.74, 6) is -0.0948. The second-order valence-electron chi connectivity index (χ2n) is 2.95. The normalized spacial score (nSPS) is 35.5. The molecule has 2 nitrogen and oxygen atoms in total. The van der Waals surface area contributed by atoms with Crippen LogP contribution >= 0.6 is 34.8 Å². The van der Waals surface area contributed by atoms with E-state index in [-0.39, 0.29) is 11.8 Å². The predicted molar refractivity (Wildman–Crippen MR) is 46.3 cm³/mol. The molecule has 0 aliphatic carbocycles. The Labute approximate surface area is 80.2 Å². The quantitative estimate of drug-likeness (QED) is 0.662. The summed E-state index contributed by atoms with van der Waals surface area (Å²) >= 11 is 17.2. The lowest BCUT2D eigenvalue weighted by Crippen LogP contribution is -2.39. The van der Waals surface area contributed by atoms with Gasteiger partial charge in [-0.05, 0) is 0 Å². The lowest BCUT2D eigenvalue weighted by Gasteiger charge is -2.27. The highest BCUT2D eigenvalue weighted by Crippen LogP contribution is 2.45. The Morgan fingerprint density at radius 1 is 1.64 bits per heavy atom. The maximum absolute atomic E-state index is 11.0. The van der Waals surface area contributed by atoms with Crippen LogP contribution in [0.4, 0.5) is 0 Å². The number of hydrogen-bond donors (Lipinski definition) is 1. The van der Waals surface area contributed by atoms with Gasteiger partial charge in [-0.2, -0.15) is 0 Å². The van der Waals surface area contributed by atoms with Crippen LogP contribution in [0.5, 0.6) is 0 Å². The molecular formula is C6H8Cl3NO. The molecule has 64 valence electrons. The summed E-state index contributed by atoms with van der Waals surface area (Å²) in [6.45, 7) is 2.21. The molecule has 1 saturated heterocycles. The van der Waals surface area contributed by atoms with Crippen molar-refractivity contribution in [3.8, 4) is 0 Å². The number of alkyl halides is 3. The van der Waals surface area contributed by atoms with Gasteiger partial charge in [0.1, 0.15) is 0 Å². The monoisotopic (exact) mass is 215 g/mol. The Balaban J connectivity index is 2.95. The minimum Gasteiger partial charge on any atom is -0.353 e. The van der Waals surface area contributed by atoms with Crippen LogP contribution in [0.1, 0.15) is 6.92 Å². The molecule has 1 unspecified atom stereocenters. The maximum Gasteiger partial charge on any atom is 0.257 e. The third-order valence-electron chi connectivity index (χ3n) is 1.98. The van der Waals surface area contributed by atoms with Crippen molar-refractivity contribution < 1.29 is 4.79 Å². The van der Waals surface area contributed by atoms with Crippen molar-refractivity contribution in [3.05, 3.63) is 0 Å². The second-order valence-corrected chi connectivity index (χ2v) is 4.55. The highest BCUT2D eigenvalue weighted by Gasteiger charge is 2.56. The molecule has 5 heteroatoms.